The number of rotatable bonds is 6. The van der Waals surface area contributed by atoms with Crippen LogP contribution in [0.4, 0.5) is 33.5 Å². The van der Waals surface area contributed by atoms with E-state index in [0.717, 1.165) is 19.4 Å². The normalized spacial score (nSPS) is 17.5. The Labute approximate surface area is 169 Å². The summed E-state index contributed by atoms with van der Waals surface area (Å²) in [7, 11) is 1.63. The summed E-state index contributed by atoms with van der Waals surface area (Å²) in [6.45, 7) is 2.66. The molecule has 162 valence electrons. The molecule has 3 rings (SSSR count). The maximum atomic E-state index is 13.8. The van der Waals surface area contributed by atoms with Gasteiger partial charge >= 0.3 is 0 Å². The first-order valence-corrected chi connectivity index (χ1v) is 9.29. The standard InChI is InChI=1S/C19H20F5N5O/c1-10(19(30)26-18-16(23)14(21)13(20)15(22)17(18)24)28(2)9-11-5-4-8-29(11)12-6-3-7-25-27-12/h3,6-7,10-11H,4-5,8-9H2,1-2H3,(H,26,30). The molecular formula is C19H20F5N5O. The highest BCUT2D eigenvalue weighted by molar-refractivity contribution is 5.94. The molecule has 6 nitrogen and oxygen atoms in total. The summed E-state index contributed by atoms with van der Waals surface area (Å²) in [5.41, 5.74) is -1.36. The van der Waals surface area contributed by atoms with Gasteiger partial charge in [-0.05, 0) is 38.9 Å². The first-order valence-electron chi connectivity index (χ1n) is 9.29. The summed E-state index contributed by atoms with van der Waals surface area (Å²) in [6, 6.07) is 2.71. The minimum atomic E-state index is -2.28. The van der Waals surface area contributed by atoms with Gasteiger partial charge < -0.3 is 10.2 Å². The number of nitrogens with one attached hydrogen (secondary N) is 1. The van der Waals surface area contributed by atoms with Crippen molar-refractivity contribution in [2.75, 3.05) is 30.4 Å². The Bertz CT molecular complexity index is 900. The van der Waals surface area contributed by atoms with Crippen LogP contribution >= 0.6 is 0 Å². The molecule has 0 aliphatic carbocycles. The zero-order chi connectivity index (χ0) is 22.0. The fourth-order valence-corrected chi connectivity index (χ4v) is 3.41. The summed E-state index contributed by atoms with van der Waals surface area (Å²) in [6.07, 6.45) is 3.32. The van der Waals surface area contributed by atoms with Gasteiger partial charge in [0.25, 0.3) is 0 Å². The van der Waals surface area contributed by atoms with Crippen molar-refractivity contribution < 1.29 is 26.7 Å². The molecule has 30 heavy (non-hydrogen) atoms. The summed E-state index contributed by atoms with van der Waals surface area (Å²) < 4.78 is 67.5. The number of carbonyl (C=O) groups excluding carboxylic acids is 1. The lowest BCUT2D eigenvalue weighted by molar-refractivity contribution is -0.120. The molecule has 1 aromatic carbocycles. The molecule has 1 aliphatic heterocycles. The second-order valence-corrected chi connectivity index (χ2v) is 7.12. The van der Waals surface area contributed by atoms with E-state index in [4.69, 9.17) is 0 Å². The average Bonchev–Trinajstić information content (AvgIpc) is 3.21. The highest BCUT2D eigenvalue weighted by Crippen LogP contribution is 2.28. The molecule has 1 amide bonds. The van der Waals surface area contributed by atoms with Gasteiger partial charge in [0.05, 0.1) is 6.04 Å². The van der Waals surface area contributed by atoms with Crippen molar-refractivity contribution in [1.29, 1.82) is 0 Å². The van der Waals surface area contributed by atoms with Crippen molar-refractivity contribution >= 4 is 17.4 Å². The number of amides is 1. The maximum Gasteiger partial charge on any atom is 0.241 e. The quantitative estimate of drug-likeness (QED) is 0.435. The van der Waals surface area contributed by atoms with Crippen molar-refractivity contribution in [2.24, 2.45) is 0 Å². The van der Waals surface area contributed by atoms with E-state index in [1.807, 2.05) is 11.4 Å². The first kappa shape index (κ1) is 21.9. The van der Waals surface area contributed by atoms with Crippen molar-refractivity contribution in [3.63, 3.8) is 0 Å². The van der Waals surface area contributed by atoms with Crippen LogP contribution in [0.5, 0.6) is 0 Å². The van der Waals surface area contributed by atoms with Crippen LogP contribution in [-0.2, 0) is 4.79 Å². The Hall–Kier alpha value is -2.82. The summed E-state index contributed by atoms with van der Waals surface area (Å²) in [4.78, 5) is 16.1. The summed E-state index contributed by atoms with van der Waals surface area (Å²) in [5.74, 6) is -10.9. The van der Waals surface area contributed by atoms with Gasteiger partial charge in [-0.1, -0.05) is 0 Å². The highest BCUT2D eigenvalue weighted by Gasteiger charge is 2.31. The Balaban J connectivity index is 1.69. The van der Waals surface area contributed by atoms with E-state index in [2.05, 4.69) is 15.1 Å². The lowest BCUT2D eigenvalue weighted by Gasteiger charge is -2.31. The number of hydrogen-bond donors (Lipinski definition) is 1. The third-order valence-electron chi connectivity index (χ3n) is 5.23. The molecule has 11 heteroatoms. The summed E-state index contributed by atoms with van der Waals surface area (Å²) in [5, 5.41) is 9.77. The molecule has 2 heterocycles. The van der Waals surface area contributed by atoms with Gasteiger partial charge in [0.2, 0.25) is 11.7 Å². The Morgan fingerprint density at radius 3 is 2.43 bits per heavy atom. The van der Waals surface area contributed by atoms with Crippen LogP contribution in [-0.4, -0.2) is 53.2 Å². The molecule has 0 bridgehead atoms. The van der Waals surface area contributed by atoms with Crippen molar-refractivity contribution in [3.8, 4) is 0 Å². The van der Waals surface area contributed by atoms with Crippen molar-refractivity contribution in [1.82, 2.24) is 15.1 Å². The minimum absolute atomic E-state index is 0.0242. The molecule has 0 spiro atoms. The second-order valence-electron chi connectivity index (χ2n) is 7.12. The number of aromatic nitrogens is 2. The van der Waals surface area contributed by atoms with Gasteiger partial charge in [-0.25, -0.2) is 22.0 Å². The average molecular weight is 429 g/mol. The van der Waals surface area contributed by atoms with Crippen LogP contribution in [0, 0.1) is 29.1 Å². The molecule has 1 N–H and O–H groups in total. The van der Waals surface area contributed by atoms with E-state index < -0.39 is 46.7 Å². The topological polar surface area (TPSA) is 61.4 Å². The molecule has 1 fully saturated rings. The zero-order valence-electron chi connectivity index (χ0n) is 16.3. The number of halogens is 5. The predicted octanol–water partition coefficient (Wildman–Crippen LogP) is 3.10. The second kappa shape index (κ2) is 8.90. The van der Waals surface area contributed by atoms with Crippen molar-refractivity contribution in [3.05, 3.63) is 47.4 Å². The van der Waals surface area contributed by atoms with Crippen LogP contribution in [0.1, 0.15) is 19.8 Å². The number of nitrogens with zero attached hydrogens (tertiary/aromatic N) is 4. The Kier molecular flexibility index (Phi) is 6.49. The molecule has 2 atom stereocenters. The molecule has 1 aliphatic rings. The molecule has 0 saturated carbocycles. The van der Waals surface area contributed by atoms with E-state index in [-0.39, 0.29) is 6.04 Å². The largest absolute Gasteiger partial charge is 0.351 e. The number of anilines is 2. The fourth-order valence-electron chi connectivity index (χ4n) is 3.41. The van der Waals surface area contributed by atoms with Gasteiger partial charge in [-0.3, -0.25) is 9.69 Å². The van der Waals surface area contributed by atoms with Crippen molar-refractivity contribution in [2.45, 2.75) is 31.8 Å². The number of hydrogen-bond acceptors (Lipinski definition) is 5. The Morgan fingerprint density at radius 2 is 1.83 bits per heavy atom. The van der Waals surface area contributed by atoms with Crippen LogP contribution in [0.25, 0.3) is 0 Å². The molecule has 1 aromatic heterocycles. The monoisotopic (exact) mass is 429 g/mol. The van der Waals surface area contributed by atoms with Gasteiger partial charge in [0.1, 0.15) is 5.69 Å². The van der Waals surface area contributed by atoms with Gasteiger partial charge in [0, 0.05) is 25.3 Å². The van der Waals surface area contributed by atoms with E-state index >= 15 is 0 Å². The number of benzene rings is 1. The molecule has 2 aromatic rings. The van der Waals surface area contributed by atoms with Gasteiger partial charge in [0.15, 0.2) is 29.1 Å². The number of carbonyl (C=O) groups is 1. The van der Waals surface area contributed by atoms with E-state index in [0.29, 0.717) is 12.4 Å². The molecule has 0 radical (unpaired) electrons. The van der Waals surface area contributed by atoms with Crippen LogP contribution in [0.3, 0.4) is 0 Å². The molecule has 1 saturated heterocycles. The molecular weight excluding hydrogens is 409 g/mol. The third-order valence-corrected chi connectivity index (χ3v) is 5.23. The lowest BCUT2D eigenvalue weighted by atomic mass is 10.1. The SMILES string of the molecule is CC(C(=O)Nc1c(F)c(F)c(F)c(F)c1F)N(C)CC1CCCN1c1cccnn1. The van der Waals surface area contributed by atoms with Gasteiger partial charge in [-0.2, -0.15) is 5.10 Å². The zero-order valence-corrected chi connectivity index (χ0v) is 16.3. The third kappa shape index (κ3) is 4.20. The van der Waals surface area contributed by atoms with E-state index in [9.17, 15) is 26.7 Å². The first-order chi connectivity index (χ1) is 14.2. The Morgan fingerprint density at radius 1 is 1.20 bits per heavy atom. The van der Waals surface area contributed by atoms with Crippen LogP contribution in [0.15, 0.2) is 18.3 Å². The highest BCUT2D eigenvalue weighted by atomic mass is 19.2. The molecule has 2 unspecified atom stereocenters. The van der Waals surface area contributed by atoms with E-state index in [1.54, 1.807) is 24.2 Å². The summed E-state index contributed by atoms with van der Waals surface area (Å²) >= 11 is 0. The maximum absolute atomic E-state index is 13.8. The lowest BCUT2D eigenvalue weighted by Crippen LogP contribution is -2.46. The minimum Gasteiger partial charge on any atom is -0.351 e. The number of likely N-dealkylation sites (N-methyl/N-ethyl adjacent to an activating group) is 1. The van der Waals surface area contributed by atoms with Crippen LogP contribution < -0.4 is 10.2 Å². The smallest absolute Gasteiger partial charge is 0.241 e. The van der Waals surface area contributed by atoms with Crippen LogP contribution in [0.2, 0.25) is 0 Å². The van der Waals surface area contributed by atoms with E-state index in [1.165, 1.54) is 6.92 Å². The van der Waals surface area contributed by atoms with Gasteiger partial charge in [-0.15, -0.1) is 5.10 Å². The fraction of sp³-hybridized carbons (Fsp3) is 0.421. The predicted molar refractivity (Wildman–Crippen MR) is 99.4 cm³/mol.